The predicted octanol–water partition coefficient (Wildman–Crippen LogP) is -0.372. The van der Waals surface area contributed by atoms with Gasteiger partial charge in [-0.05, 0) is 0 Å². The highest BCUT2D eigenvalue weighted by molar-refractivity contribution is 7.90. The van der Waals surface area contributed by atoms with Crippen molar-refractivity contribution in [1.82, 2.24) is 29.5 Å². The molecule has 0 saturated heterocycles. The number of fused-ring (bicyclic) bond motifs is 1. The van der Waals surface area contributed by atoms with Crippen molar-refractivity contribution in [1.29, 1.82) is 0 Å². The molecule has 2 N–H and O–H groups in total. The molecular weight excluding hydrogens is 290 g/mol. The summed E-state index contributed by atoms with van der Waals surface area (Å²) >= 11 is 1.39. The Balaban J connectivity index is 2.26. The topological polar surface area (TPSA) is 129 Å². The fourth-order valence-corrected chi connectivity index (χ4v) is 2.42. The molecule has 0 radical (unpaired) electrons. The smallest absolute Gasteiger partial charge is 0.258 e. The number of sulfone groups is 1. The lowest BCUT2D eigenvalue weighted by atomic mass is 10.5. The van der Waals surface area contributed by atoms with E-state index >= 15 is 0 Å². The van der Waals surface area contributed by atoms with Gasteiger partial charge in [0.15, 0.2) is 0 Å². The monoisotopic (exact) mass is 297 g/mol. The Hall–Kier alpha value is -2.14. The average Bonchev–Trinajstić information content (AvgIpc) is 2.95. The van der Waals surface area contributed by atoms with Gasteiger partial charge in [0.05, 0.1) is 5.51 Å². The summed E-state index contributed by atoms with van der Waals surface area (Å²) in [5.41, 5.74) is 7.85. The van der Waals surface area contributed by atoms with Crippen molar-refractivity contribution < 1.29 is 8.42 Å². The van der Waals surface area contributed by atoms with Gasteiger partial charge in [-0.2, -0.15) is 19.5 Å². The fraction of sp³-hybridized carbons (Fsp3) is 0.125. The summed E-state index contributed by atoms with van der Waals surface area (Å²) in [6, 6.07) is 0. The molecule has 0 saturated carbocycles. The van der Waals surface area contributed by atoms with E-state index in [0.717, 1.165) is 6.26 Å². The van der Waals surface area contributed by atoms with Crippen LogP contribution in [0.2, 0.25) is 0 Å². The third-order valence-electron chi connectivity index (χ3n) is 2.21. The van der Waals surface area contributed by atoms with Gasteiger partial charge in [0.1, 0.15) is 5.69 Å². The van der Waals surface area contributed by atoms with Crippen LogP contribution in [-0.2, 0) is 9.84 Å². The van der Waals surface area contributed by atoms with Crippen LogP contribution in [0.5, 0.6) is 0 Å². The Labute approximate surface area is 111 Å². The molecule has 3 heterocycles. The first kappa shape index (κ1) is 11.9. The lowest BCUT2D eigenvalue weighted by molar-refractivity contribution is 0.592. The van der Waals surface area contributed by atoms with E-state index in [1.54, 1.807) is 10.9 Å². The molecule has 0 aliphatic rings. The van der Waals surface area contributed by atoms with E-state index in [0.29, 0.717) is 11.5 Å². The molecule has 0 aliphatic heterocycles. The van der Waals surface area contributed by atoms with Gasteiger partial charge in [0.2, 0.25) is 21.6 Å². The number of nitrogens with zero attached hydrogens (tertiary/aromatic N) is 6. The molecule has 0 bridgehead atoms. The van der Waals surface area contributed by atoms with Crippen LogP contribution in [0.4, 0.5) is 5.95 Å². The number of hydrogen-bond donors (Lipinski definition) is 1. The molecule has 0 fully saturated rings. The van der Waals surface area contributed by atoms with Gasteiger partial charge in [0, 0.05) is 11.6 Å². The van der Waals surface area contributed by atoms with E-state index in [4.69, 9.17) is 5.73 Å². The summed E-state index contributed by atoms with van der Waals surface area (Å²) in [6.45, 7) is 0. The van der Waals surface area contributed by atoms with E-state index in [9.17, 15) is 8.42 Å². The Morgan fingerprint density at radius 3 is 2.74 bits per heavy atom. The highest BCUT2D eigenvalue weighted by Crippen LogP contribution is 2.17. The Bertz CT molecular complexity index is 853. The van der Waals surface area contributed by atoms with Crippen molar-refractivity contribution in [2.45, 2.75) is 5.16 Å². The zero-order valence-corrected chi connectivity index (χ0v) is 11.2. The zero-order valence-electron chi connectivity index (χ0n) is 9.55. The largest absolute Gasteiger partial charge is 0.368 e. The molecule has 0 aliphatic carbocycles. The third kappa shape index (κ3) is 2.02. The van der Waals surface area contributed by atoms with Gasteiger partial charge in [-0.1, -0.05) is 0 Å². The molecule has 0 aromatic carbocycles. The first-order chi connectivity index (χ1) is 8.95. The molecule has 0 unspecified atom stereocenters. The van der Waals surface area contributed by atoms with E-state index < -0.39 is 9.84 Å². The fourth-order valence-electron chi connectivity index (χ4n) is 1.38. The number of aromatic nitrogens is 6. The number of hydrogen-bond acceptors (Lipinski definition) is 9. The lowest BCUT2D eigenvalue weighted by Crippen LogP contribution is -2.11. The molecule has 3 rings (SSSR count). The minimum Gasteiger partial charge on any atom is -0.368 e. The molecule has 19 heavy (non-hydrogen) atoms. The maximum atomic E-state index is 11.4. The Morgan fingerprint density at radius 2 is 2.11 bits per heavy atom. The number of nitrogen functional groups attached to an aromatic ring is 1. The van der Waals surface area contributed by atoms with Crippen molar-refractivity contribution in [3.8, 4) is 11.5 Å². The molecule has 0 amide bonds. The number of thiazole rings is 1. The Kier molecular flexibility index (Phi) is 2.46. The minimum absolute atomic E-state index is 0.0657. The SMILES string of the molecule is CS(=O)(=O)c1nc(N)n2nc(-c3cscn3)nc2n1. The first-order valence-electron chi connectivity index (χ1n) is 4.94. The average molecular weight is 297 g/mol. The summed E-state index contributed by atoms with van der Waals surface area (Å²) in [7, 11) is -3.56. The summed E-state index contributed by atoms with van der Waals surface area (Å²) in [5, 5.41) is 5.46. The van der Waals surface area contributed by atoms with Crippen LogP contribution in [0.3, 0.4) is 0 Å². The molecule has 9 nitrogen and oxygen atoms in total. The van der Waals surface area contributed by atoms with Crippen molar-refractivity contribution in [3.05, 3.63) is 10.9 Å². The van der Waals surface area contributed by atoms with Crippen LogP contribution >= 0.6 is 11.3 Å². The van der Waals surface area contributed by atoms with Crippen LogP contribution in [0.15, 0.2) is 16.0 Å². The third-order valence-corrected chi connectivity index (χ3v) is 3.64. The second-order valence-electron chi connectivity index (χ2n) is 3.66. The standard InChI is InChI=1S/C8H7N7O2S2/c1-19(16,17)8-12-6(9)15-7(13-8)11-5(14-15)4-2-18-3-10-4/h2-3H,1H3,(H2,9,11,12,13,14). The minimum atomic E-state index is -3.56. The molecule has 0 atom stereocenters. The zero-order chi connectivity index (χ0) is 13.6. The van der Waals surface area contributed by atoms with Gasteiger partial charge in [-0.3, -0.25) is 0 Å². The molecule has 98 valence electrons. The van der Waals surface area contributed by atoms with Crippen molar-refractivity contribution >= 4 is 32.9 Å². The van der Waals surface area contributed by atoms with Gasteiger partial charge >= 0.3 is 0 Å². The summed E-state index contributed by atoms with van der Waals surface area (Å²) in [4.78, 5) is 15.7. The molecule has 3 aromatic rings. The van der Waals surface area contributed by atoms with Crippen LogP contribution in [0, 0.1) is 0 Å². The van der Waals surface area contributed by atoms with Gasteiger partial charge in [-0.25, -0.2) is 13.4 Å². The maximum absolute atomic E-state index is 11.4. The second-order valence-corrected chi connectivity index (χ2v) is 6.29. The van der Waals surface area contributed by atoms with Gasteiger partial charge in [-0.15, -0.1) is 16.4 Å². The van der Waals surface area contributed by atoms with Crippen molar-refractivity contribution in [3.63, 3.8) is 0 Å². The normalized spacial score (nSPS) is 12.1. The second kappa shape index (κ2) is 3.93. The van der Waals surface area contributed by atoms with Crippen molar-refractivity contribution in [2.75, 3.05) is 12.0 Å². The van der Waals surface area contributed by atoms with E-state index in [2.05, 4.69) is 25.0 Å². The van der Waals surface area contributed by atoms with Gasteiger partial charge < -0.3 is 5.73 Å². The van der Waals surface area contributed by atoms with E-state index in [1.807, 2.05) is 0 Å². The van der Waals surface area contributed by atoms with E-state index in [-0.39, 0.29) is 16.9 Å². The quantitative estimate of drug-likeness (QED) is 0.678. The number of anilines is 1. The highest BCUT2D eigenvalue weighted by Gasteiger charge is 2.18. The summed E-state index contributed by atoms with van der Waals surface area (Å²) in [5.74, 6) is 0.281. The van der Waals surface area contributed by atoms with Crippen LogP contribution < -0.4 is 5.73 Å². The maximum Gasteiger partial charge on any atom is 0.258 e. The van der Waals surface area contributed by atoms with Crippen molar-refractivity contribution in [2.24, 2.45) is 0 Å². The van der Waals surface area contributed by atoms with Crippen LogP contribution in [-0.4, -0.2) is 44.2 Å². The lowest BCUT2D eigenvalue weighted by Gasteiger charge is -1.99. The molecule has 0 spiro atoms. The summed E-state index contributed by atoms with van der Waals surface area (Å²) < 4.78 is 24.0. The molecule has 3 aromatic heterocycles. The van der Waals surface area contributed by atoms with E-state index in [1.165, 1.54) is 15.9 Å². The Morgan fingerprint density at radius 1 is 1.32 bits per heavy atom. The highest BCUT2D eigenvalue weighted by atomic mass is 32.2. The number of rotatable bonds is 2. The predicted molar refractivity (Wildman–Crippen MR) is 67.2 cm³/mol. The first-order valence-corrected chi connectivity index (χ1v) is 7.77. The van der Waals surface area contributed by atoms with Gasteiger partial charge in [0.25, 0.3) is 10.9 Å². The summed E-state index contributed by atoms with van der Waals surface area (Å²) in [6.07, 6.45) is 0.996. The molecule has 11 heteroatoms. The number of nitrogens with two attached hydrogens (primary N) is 1. The van der Waals surface area contributed by atoms with Crippen LogP contribution in [0.1, 0.15) is 0 Å². The van der Waals surface area contributed by atoms with Crippen LogP contribution in [0.25, 0.3) is 17.3 Å². The molecular formula is C8H7N7O2S2.